The number of hydrogen-bond donors (Lipinski definition) is 1. The van der Waals surface area contributed by atoms with E-state index in [0.717, 1.165) is 5.54 Å². The van der Waals surface area contributed by atoms with Crippen LogP contribution in [0.25, 0.3) is 0 Å². The monoisotopic (exact) mass is 145 g/mol. The molecule has 0 aliphatic heterocycles. The van der Waals surface area contributed by atoms with Gasteiger partial charge in [0.1, 0.15) is 0 Å². The van der Waals surface area contributed by atoms with Gasteiger partial charge in [0.2, 0.25) is 0 Å². The van der Waals surface area contributed by atoms with Crippen LogP contribution in [-0.4, -0.2) is 15.7 Å². The first-order chi connectivity index (χ1) is 4.16. The molecule has 0 aromatic heterocycles. The van der Waals surface area contributed by atoms with E-state index in [4.69, 9.17) is 0 Å². The van der Waals surface area contributed by atoms with E-state index >= 15 is 0 Å². The molecule has 1 N–H and O–H groups in total. The van der Waals surface area contributed by atoms with Gasteiger partial charge in [-0.25, -0.2) is 0 Å². The fraction of sp³-hybridized carbons (Fsp3) is 1.00. The Morgan fingerprint density at radius 1 is 1.33 bits per heavy atom. The smallest absolute Gasteiger partial charge is 0.0947 e. The Morgan fingerprint density at radius 3 is 2.22 bits per heavy atom. The maximum atomic E-state index is 3.54. The third kappa shape index (κ3) is 6.06. The van der Waals surface area contributed by atoms with E-state index in [0.29, 0.717) is 6.04 Å². The zero-order valence-corrected chi connectivity index (χ0v) is 8.48. The summed E-state index contributed by atoms with van der Waals surface area (Å²) in [5, 5.41) is 0. The van der Waals surface area contributed by atoms with Crippen molar-refractivity contribution in [3.8, 4) is 0 Å². The second-order valence-electron chi connectivity index (χ2n) is 3.08. The molecule has 0 heterocycles. The summed E-state index contributed by atoms with van der Waals surface area (Å²) >= 11 is 0. The Labute approximate surface area is 61.1 Å². The van der Waals surface area contributed by atoms with Gasteiger partial charge in [-0.2, -0.15) is 0 Å². The molecule has 0 spiro atoms. The average Bonchev–Trinajstić information content (AvgIpc) is 1.83. The topological polar surface area (TPSA) is 12.0 Å². The zero-order chi connectivity index (χ0) is 7.28. The Balaban J connectivity index is 3.06. The van der Waals surface area contributed by atoms with Crippen LogP contribution in [0.3, 0.4) is 0 Å². The molecular weight excluding hydrogens is 126 g/mol. The summed E-state index contributed by atoms with van der Waals surface area (Å²) in [5.74, 6) is 0. The maximum Gasteiger partial charge on any atom is 0.0947 e. The van der Waals surface area contributed by atoms with Gasteiger partial charge in [-0.05, 0) is 11.6 Å². The minimum Gasteiger partial charge on any atom is -0.340 e. The van der Waals surface area contributed by atoms with E-state index in [-0.39, 0.29) is 9.68 Å². The van der Waals surface area contributed by atoms with Gasteiger partial charge in [0.25, 0.3) is 0 Å². The van der Waals surface area contributed by atoms with Crippen molar-refractivity contribution in [1.82, 2.24) is 4.98 Å². The summed E-state index contributed by atoms with van der Waals surface area (Å²) < 4.78 is 0. The van der Waals surface area contributed by atoms with E-state index in [2.05, 4.69) is 32.7 Å². The van der Waals surface area contributed by atoms with Crippen LogP contribution in [0.5, 0.6) is 0 Å². The van der Waals surface area contributed by atoms with Crippen molar-refractivity contribution in [3.05, 3.63) is 0 Å². The van der Waals surface area contributed by atoms with E-state index in [9.17, 15) is 0 Å². The van der Waals surface area contributed by atoms with Gasteiger partial charge < -0.3 is 4.98 Å². The Kier molecular flexibility index (Phi) is 5.10. The highest BCUT2D eigenvalue weighted by atomic mass is 28.2. The number of nitrogens with one attached hydrogen (secondary N) is 1. The van der Waals surface area contributed by atoms with Gasteiger partial charge in [0.05, 0.1) is 9.68 Å². The van der Waals surface area contributed by atoms with Gasteiger partial charge in [-0.15, -0.1) is 0 Å². The summed E-state index contributed by atoms with van der Waals surface area (Å²) in [5.41, 5.74) is 0.965. The maximum absolute atomic E-state index is 3.54. The number of rotatable bonds is 4. The third-order valence-corrected chi connectivity index (χ3v) is 3.90. The van der Waals surface area contributed by atoms with Crippen LogP contribution in [0.4, 0.5) is 0 Å². The highest BCUT2D eigenvalue weighted by molar-refractivity contribution is 6.34. The summed E-state index contributed by atoms with van der Waals surface area (Å²) in [6.07, 6.45) is 1.34. The normalized spacial score (nSPS) is 15.7. The van der Waals surface area contributed by atoms with Crippen molar-refractivity contribution in [2.45, 2.75) is 45.7 Å². The predicted octanol–water partition coefficient (Wildman–Crippen LogP) is 1.29. The SMILES string of the molecule is CCC(C)[SiH2]NC(C)C. The van der Waals surface area contributed by atoms with Crippen LogP contribution in [0.1, 0.15) is 34.1 Å². The molecule has 0 aromatic rings. The molecule has 1 atom stereocenters. The van der Waals surface area contributed by atoms with Crippen molar-refractivity contribution in [3.63, 3.8) is 0 Å². The Morgan fingerprint density at radius 2 is 1.89 bits per heavy atom. The minimum atomic E-state index is 0.0382. The molecule has 1 nitrogen and oxygen atoms in total. The fourth-order valence-electron chi connectivity index (χ4n) is 0.581. The van der Waals surface area contributed by atoms with Crippen LogP contribution < -0.4 is 4.98 Å². The molecule has 0 aromatic carbocycles. The van der Waals surface area contributed by atoms with Gasteiger partial charge >= 0.3 is 0 Å². The molecule has 0 radical (unpaired) electrons. The van der Waals surface area contributed by atoms with Crippen LogP contribution in [0.2, 0.25) is 5.54 Å². The summed E-state index contributed by atoms with van der Waals surface area (Å²) in [6.45, 7) is 9.03. The highest BCUT2D eigenvalue weighted by Crippen LogP contribution is 2.03. The summed E-state index contributed by atoms with van der Waals surface area (Å²) in [7, 11) is 0.0382. The third-order valence-electron chi connectivity index (χ3n) is 1.57. The standard InChI is InChI=1S/C7H19NSi/c1-5-7(4)9-8-6(2)3/h6-8H,5,9H2,1-4H3. The highest BCUT2D eigenvalue weighted by Gasteiger charge is 1.99. The minimum absolute atomic E-state index is 0.0382. The van der Waals surface area contributed by atoms with Gasteiger partial charge in [0.15, 0.2) is 0 Å². The van der Waals surface area contributed by atoms with Crippen molar-refractivity contribution >= 4 is 9.68 Å². The molecule has 0 saturated carbocycles. The molecule has 1 unspecified atom stereocenters. The Bertz CT molecular complexity index is 63.9. The van der Waals surface area contributed by atoms with E-state index in [1.807, 2.05) is 0 Å². The predicted molar refractivity (Wildman–Crippen MR) is 46.5 cm³/mol. The second kappa shape index (κ2) is 5.00. The van der Waals surface area contributed by atoms with Crippen LogP contribution >= 0.6 is 0 Å². The first kappa shape index (κ1) is 9.18. The number of hydrogen-bond acceptors (Lipinski definition) is 1. The fourth-order valence-corrected chi connectivity index (χ4v) is 1.74. The lowest BCUT2D eigenvalue weighted by Crippen LogP contribution is -2.29. The Hall–Kier alpha value is 0.177. The lowest BCUT2D eigenvalue weighted by atomic mass is 10.4. The quantitative estimate of drug-likeness (QED) is 0.588. The molecule has 0 bridgehead atoms. The molecule has 0 aliphatic rings. The van der Waals surface area contributed by atoms with Crippen molar-refractivity contribution in [2.75, 3.05) is 0 Å². The molecule has 0 rings (SSSR count). The second-order valence-corrected chi connectivity index (χ2v) is 5.29. The lowest BCUT2D eigenvalue weighted by Gasteiger charge is -2.11. The lowest BCUT2D eigenvalue weighted by molar-refractivity contribution is 0.729. The average molecular weight is 145 g/mol. The molecule has 0 fully saturated rings. The molecule has 9 heavy (non-hydrogen) atoms. The van der Waals surface area contributed by atoms with Gasteiger partial charge in [-0.3, -0.25) is 0 Å². The van der Waals surface area contributed by atoms with Crippen molar-refractivity contribution in [2.24, 2.45) is 0 Å². The molecule has 56 valence electrons. The van der Waals surface area contributed by atoms with Gasteiger partial charge in [-0.1, -0.05) is 34.1 Å². The van der Waals surface area contributed by atoms with Crippen LogP contribution in [0, 0.1) is 0 Å². The molecule has 0 amide bonds. The molecule has 0 saturated heterocycles. The van der Waals surface area contributed by atoms with Crippen molar-refractivity contribution in [1.29, 1.82) is 0 Å². The molecule has 2 heteroatoms. The summed E-state index contributed by atoms with van der Waals surface area (Å²) in [6, 6.07) is 0.700. The first-order valence-corrected chi connectivity index (χ1v) is 5.42. The zero-order valence-electron chi connectivity index (χ0n) is 7.07. The van der Waals surface area contributed by atoms with Crippen LogP contribution in [0.15, 0.2) is 0 Å². The largest absolute Gasteiger partial charge is 0.340 e. The van der Waals surface area contributed by atoms with Gasteiger partial charge in [0, 0.05) is 0 Å². The van der Waals surface area contributed by atoms with E-state index < -0.39 is 0 Å². The molecular formula is C7H19NSi. The summed E-state index contributed by atoms with van der Waals surface area (Å²) in [4.78, 5) is 3.54. The first-order valence-electron chi connectivity index (χ1n) is 3.90. The van der Waals surface area contributed by atoms with E-state index in [1.165, 1.54) is 6.42 Å². The van der Waals surface area contributed by atoms with Crippen molar-refractivity contribution < 1.29 is 0 Å². The molecule has 0 aliphatic carbocycles. The van der Waals surface area contributed by atoms with Crippen LogP contribution in [-0.2, 0) is 0 Å². The van der Waals surface area contributed by atoms with E-state index in [1.54, 1.807) is 0 Å².